The second-order valence-corrected chi connectivity index (χ2v) is 5.76. The quantitative estimate of drug-likeness (QED) is 0.579. The van der Waals surface area contributed by atoms with Crippen LogP contribution in [0.15, 0.2) is 36.4 Å². The van der Waals surface area contributed by atoms with Crippen molar-refractivity contribution < 1.29 is 22.9 Å². The van der Waals surface area contributed by atoms with Crippen LogP contribution < -0.4 is 10.6 Å². The third-order valence-corrected chi connectivity index (χ3v) is 3.77. The molecule has 2 aromatic carbocycles. The number of non-ortho nitro benzene ring substituents is 1. The van der Waals surface area contributed by atoms with Gasteiger partial charge in [0.25, 0.3) is 5.69 Å². The molecule has 2 N–H and O–H groups in total. The zero-order valence-electron chi connectivity index (χ0n) is 13.4. The summed E-state index contributed by atoms with van der Waals surface area (Å²) < 4.78 is 38.2. The normalized spacial score (nSPS) is 11.1. The van der Waals surface area contributed by atoms with E-state index in [0.29, 0.717) is 11.3 Å². The smallest absolute Gasteiger partial charge is 0.376 e. The minimum Gasteiger partial charge on any atom is -0.376 e. The molecule has 0 heterocycles. The molecule has 0 fully saturated rings. The summed E-state index contributed by atoms with van der Waals surface area (Å²) in [5.74, 6) is -0.655. The number of halogens is 4. The highest BCUT2D eigenvalue weighted by atomic mass is 35.5. The van der Waals surface area contributed by atoms with E-state index in [4.69, 9.17) is 11.6 Å². The monoisotopic (exact) mass is 387 g/mol. The Hall–Kier alpha value is -2.81. The molecule has 0 unspecified atom stereocenters. The van der Waals surface area contributed by atoms with E-state index in [0.717, 1.165) is 18.2 Å². The van der Waals surface area contributed by atoms with Gasteiger partial charge in [0.1, 0.15) is 0 Å². The lowest BCUT2D eigenvalue weighted by Crippen LogP contribution is -2.22. The number of nitro groups is 1. The molecule has 138 valence electrons. The van der Waals surface area contributed by atoms with Crippen LogP contribution in [-0.4, -0.2) is 17.4 Å². The van der Waals surface area contributed by atoms with Crippen molar-refractivity contribution in [3.8, 4) is 0 Å². The number of carbonyl (C=O) groups excluding carboxylic acids is 1. The van der Waals surface area contributed by atoms with Gasteiger partial charge in [0.2, 0.25) is 5.91 Å². The number of aryl methyl sites for hydroxylation is 1. The van der Waals surface area contributed by atoms with Crippen molar-refractivity contribution >= 4 is 34.6 Å². The van der Waals surface area contributed by atoms with Gasteiger partial charge in [-0.25, -0.2) is 0 Å². The molecule has 26 heavy (non-hydrogen) atoms. The van der Waals surface area contributed by atoms with Crippen LogP contribution in [0.5, 0.6) is 0 Å². The lowest BCUT2D eigenvalue weighted by molar-refractivity contribution is -0.384. The minimum absolute atomic E-state index is 0.0436. The molecular weight excluding hydrogens is 375 g/mol. The molecule has 0 aliphatic rings. The van der Waals surface area contributed by atoms with Gasteiger partial charge in [-0.1, -0.05) is 17.7 Å². The van der Waals surface area contributed by atoms with E-state index in [1.54, 1.807) is 6.92 Å². The predicted molar refractivity (Wildman–Crippen MR) is 91.4 cm³/mol. The van der Waals surface area contributed by atoms with E-state index >= 15 is 0 Å². The fourth-order valence-corrected chi connectivity index (χ4v) is 2.25. The van der Waals surface area contributed by atoms with Crippen molar-refractivity contribution in [2.45, 2.75) is 13.1 Å². The Morgan fingerprint density at radius 3 is 2.50 bits per heavy atom. The van der Waals surface area contributed by atoms with Crippen LogP contribution >= 0.6 is 11.6 Å². The maximum atomic E-state index is 12.7. The topological polar surface area (TPSA) is 84.3 Å². The first-order valence-electron chi connectivity index (χ1n) is 7.23. The molecule has 6 nitrogen and oxygen atoms in total. The molecule has 0 aliphatic carbocycles. The summed E-state index contributed by atoms with van der Waals surface area (Å²) in [7, 11) is 0. The summed E-state index contributed by atoms with van der Waals surface area (Å²) in [6, 6.07) is 6.69. The highest BCUT2D eigenvalue weighted by Gasteiger charge is 2.31. The summed E-state index contributed by atoms with van der Waals surface area (Å²) in [6.07, 6.45) is -4.57. The summed E-state index contributed by atoms with van der Waals surface area (Å²) >= 11 is 5.81. The van der Waals surface area contributed by atoms with Crippen molar-refractivity contribution in [3.05, 3.63) is 62.7 Å². The number of hydrogen-bond donors (Lipinski definition) is 2. The maximum absolute atomic E-state index is 12.7. The Labute approximate surface area is 151 Å². The van der Waals surface area contributed by atoms with Crippen molar-refractivity contribution in [2.75, 3.05) is 17.2 Å². The third-order valence-electron chi connectivity index (χ3n) is 3.44. The number of nitrogens with one attached hydrogen (secondary N) is 2. The van der Waals surface area contributed by atoms with Gasteiger partial charge in [0, 0.05) is 17.8 Å². The lowest BCUT2D eigenvalue weighted by Gasteiger charge is -2.13. The molecule has 0 spiro atoms. The first-order valence-corrected chi connectivity index (χ1v) is 7.61. The Morgan fingerprint density at radius 2 is 1.88 bits per heavy atom. The average Bonchev–Trinajstić information content (AvgIpc) is 2.54. The molecule has 10 heteroatoms. The molecule has 0 saturated heterocycles. The second kappa shape index (κ2) is 7.61. The molecule has 2 aromatic rings. The Bertz CT molecular complexity index is 856. The van der Waals surface area contributed by atoms with Crippen LogP contribution in [0.3, 0.4) is 0 Å². The number of anilines is 2. The van der Waals surface area contributed by atoms with Crippen LogP contribution in [0.25, 0.3) is 0 Å². The fraction of sp³-hybridized carbons (Fsp3) is 0.188. The second-order valence-electron chi connectivity index (χ2n) is 5.35. The molecule has 0 aliphatic heterocycles. The summed E-state index contributed by atoms with van der Waals surface area (Å²) in [5.41, 5.74) is -0.242. The number of rotatable bonds is 5. The van der Waals surface area contributed by atoms with Crippen LogP contribution in [0.1, 0.15) is 11.1 Å². The fourth-order valence-electron chi connectivity index (χ4n) is 2.08. The number of hydrogen-bond acceptors (Lipinski definition) is 4. The van der Waals surface area contributed by atoms with Gasteiger partial charge in [-0.05, 0) is 30.7 Å². The molecule has 0 bridgehead atoms. The van der Waals surface area contributed by atoms with Gasteiger partial charge in [-0.3, -0.25) is 14.9 Å². The van der Waals surface area contributed by atoms with Gasteiger partial charge in [0.05, 0.1) is 27.7 Å². The molecule has 0 radical (unpaired) electrons. The van der Waals surface area contributed by atoms with Crippen molar-refractivity contribution in [1.29, 1.82) is 0 Å². The van der Waals surface area contributed by atoms with E-state index in [-0.39, 0.29) is 22.9 Å². The van der Waals surface area contributed by atoms with Crippen LogP contribution in [-0.2, 0) is 11.0 Å². The summed E-state index contributed by atoms with van der Waals surface area (Å²) in [6.45, 7) is 1.38. The van der Waals surface area contributed by atoms with Crippen molar-refractivity contribution in [3.63, 3.8) is 0 Å². The number of benzene rings is 2. The van der Waals surface area contributed by atoms with Crippen molar-refractivity contribution in [1.82, 2.24) is 0 Å². The van der Waals surface area contributed by atoms with Gasteiger partial charge in [-0.2, -0.15) is 13.2 Å². The molecule has 0 saturated carbocycles. The van der Waals surface area contributed by atoms with E-state index < -0.39 is 22.6 Å². The zero-order valence-corrected chi connectivity index (χ0v) is 14.1. The van der Waals surface area contributed by atoms with Gasteiger partial charge in [-0.15, -0.1) is 0 Å². The molecular formula is C16H13ClF3N3O3. The Balaban J connectivity index is 2.08. The van der Waals surface area contributed by atoms with E-state index in [1.807, 2.05) is 0 Å². The van der Waals surface area contributed by atoms with Crippen LogP contribution in [0, 0.1) is 17.0 Å². The van der Waals surface area contributed by atoms with Crippen LogP contribution in [0.4, 0.5) is 30.2 Å². The van der Waals surface area contributed by atoms with Crippen LogP contribution in [0.2, 0.25) is 5.02 Å². The van der Waals surface area contributed by atoms with E-state index in [1.165, 1.54) is 18.2 Å². The summed E-state index contributed by atoms with van der Waals surface area (Å²) in [5, 5.41) is 15.7. The molecule has 1 amide bonds. The highest BCUT2D eigenvalue weighted by molar-refractivity contribution is 6.33. The number of alkyl halides is 3. The van der Waals surface area contributed by atoms with Gasteiger partial charge in [0.15, 0.2) is 0 Å². The Kier molecular flexibility index (Phi) is 5.71. The number of nitro benzene ring substituents is 1. The molecule has 2 rings (SSSR count). The molecule has 0 atom stereocenters. The minimum atomic E-state index is -4.57. The third kappa shape index (κ3) is 4.85. The number of nitrogens with zero attached hydrogens (tertiary/aromatic N) is 1. The highest BCUT2D eigenvalue weighted by Crippen LogP contribution is 2.33. The van der Waals surface area contributed by atoms with E-state index in [9.17, 15) is 28.1 Å². The van der Waals surface area contributed by atoms with Gasteiger partial charge >= 0.3 is 6.18 Å². The SMILES string of the molecule is Cc1ccc([N+](=O)[O-])cc1NCC(=O)Nc1cc(C(F)(F)F)ccc1Cl. The first kappa shape index (κ1) is 19.5. The lowest BCUT2D eigenvalue weighted by atomic mass is 10.2. The largest absolute Gasteiger partial charge is 0.416 e. The first-order chi connectivity index (χ1) is 12.1. The Morgan fingerprint density at radius 1 is 1.19 bits per heavy atom. The number of amides is 1. The standard InChI is InChI=1S/C16H13ClF3N3O3/c1-9-2-4-11(23(25)26)7-13(9)21-8-15(24)22-14-6-10(16(18,19)20)3-5-12(14)17/h2-7,21H,8H2,1H3,(H,22,24). The maximum Gasteiger partial charge on any atom is 0.416 e. The average molecular weight is 388 g/mol. The summed E-state index contributed by atoms with van der Waals surface area (Å²) in [4.78, 5) is 22.2. The predicted octanol–water partition coefficient (Wildman–Crippen LogP) is 4.63. The van der Waals surface area contributed by atoms with Crippen molar-refractivity contribution in [2.24, 2.45) is 0 Å². The van der Waals surface area contributed by atoms with E-state index in [2.05, 4.69) is 10.6 Å². The zero-order chi connectivity index (χ0) is 19.5. The molecule has 0 aromatic heterocycles. The van der Waals surface area contributed by atoms with Gasteiger partial charge < -0.3 is 10.6 Å². The number of carbonyl (C=O) groups is 1.